The third kappa shape index (κ3) is 4.58. The minimum absolute atomic E-state index is 0.0403. The van der Waals surface area contributed by atoms with Gasteiger partial charge in [-0.1, -0.05) is 6.08 Å². The van der Waals surface area contributed by atoms with Gasteiger partial charge in [-0.15, -0.1) is 6.58 Å². The number of hydrogen-bond donors (Lipinski definition) is 0. The summed E-state index contributed by atoms with van der Waals surface area (Å²) in [6, 6.07) is 10.3. The van der Waals surface area contributed by atoms with Crippen molar-refractivity contribution in [1.82, 2.24) is 4.90 Å². The van der Waals surface area contributed by atoms with E-state index in [1.807, 2.05) is 18.0 Å². The first-order chi connectivity index (χ1) is 14.5. The molecule has 1 heterocycles. The Bertz CT molecular complexity index is 890. The van der Waals surface area contributed by atoms with Crippen LogP contribution in [0.1, 0.15) is 28.8 Å². The number of piperidine rings is 1. The van der Waals surface area contributed by atoms with Crippen molar-refractivity contribution in [3.05, 3.63) is 66.0 Å². The molecule has 0 N–H and O–H groups in total. The molecular formula is C24H29FN2O3. The van der Waals surface area contributed by atoms with Crippen LogP contribution >= 0.6 is 0 Å². The third-order valence-electron chi connectivity index (χ3n) is 5.69. The molecule has 1 saturated heterocycles. The Morgan fingerprint density at radius 2 is 1.87 bits per heavy atom. The van der Waals surface area contributed by atoms with Crippen LogP contribution < -0.4 is 14.4 Å². The van der Waals surface area contributed by atoms with Gasteiger partial charge in [0.15, 0.2) is 11.5 Å². The molecule has 1 aliphatic rings. The number of carbonyl (C=O) groups is 1. The molecule has 1 fully saturated rings. The number of rotatable bonds is 7. The predicted molar refractivity (Wildman–Crippen MR) is 117 cm³/mol. The first kappa shape index (κ1) is 21.7. The zero-order valence-electron chi connectivity index (χ0n) is 17.9. The molecular weight excluding hydrogens is 383 g/mol. The first-order valence-corrected chi connectivity index (χ1v) is 10.1. The van der Waals surface area contributed by atoms with Crippen molar-refractivity contribution in [2.24, 2.45) is 0 Å². The van der Waals surface area contributed by atoms with E-state index >= 15 is 0 Å². The largest absolute Gasteiger partial charge is 0.493 e. The Morgan fingerprint density at radius 1 is 1.20 bits per heavy atom. The molecule has 0 aromatic heterocycles. The van der Waals surface area contributed by atoms with Crippen LogP contribution in [0.25, 0.3) is 0 Å². The summed E-state index contributed by atoms with van der Waals surface area (Å²) in [5, 5.41) is 0. The zero-order chi connectivity index (χ0) is 21.7. The zero-order valence-corrected chi connectivity index (χ0v) is 17.9. The van der Waals surface area contributed by atoms with Crippen LogP contribution in [0.4, 0.5) is 10.1 Å². The van der Waals surface area contributed by atoms with Gasteiger partial charge in [0.1, 0.15) is 5.82 Å². The van der Waals surface area contributed by atoms with Crippen LogP contribution in [0.2, 0.25) is 0 Å². The molecule has 30 heavy (non-hydrogen) atoms. The fourth-order valence-corrected chi connectivity index (χ4v) is 4.01. The van der Waals surface area contributed by atoms with Gasteiger partial charge in [0, 0.05) is 43.0 Å². The van der Waals surface area contributed by atoms with Crippen LogP contribution in [0.5, 0.6) is 11.5 Å². The van der Waals surface area contributed by atoms with Crippen LogP contribution in [0, 0.1) is 5.82 Å². The van der Waals surface area contributed by atoms with Gasteiger partial charge in [0.25, 0.3) is 5.91 Å². The van der Waals surface area contributed by atoms with Gasteiger partial charge in [-0.05, 0) is 55.7 Å². The minimum atomic E-state index is -0.232. The summed E-state index contributed by atoms with van der Waals surface area (Å²) < 4.78 is 24.1. The van der Waals surface area contributed by atoms with Crippen molar-refractivity contribution < 1.29 is 18.7 Å². The number of halogens is 1. The second kappa shape index (κ2) is 9.65. The SMILES string of the molecule is C=CCc1cc(C(=O)N(C)C2CCN(c3ccc(F)cc3)CC2)cc(OC)c1OC. The molecule has 0 unspecified atom stereocenters. The number of anilines is 1. The second-order valence-corrected chi connectivity index (χ2v) is 7.47. The van der Waals surface area contributed by atoms with Gasteiger partial charge in [0.05, 0.1) is 14.2 Å². The lowest BCUT2D eigenvalue weighted by molar-refractivity contribution is 0.0708. The van der Waals surface area contributed by atoms with Gasteiger partial charge in [-0.25, -0.2) is 4.39 Å². The number of nitrogens with zero attached hydrogens (tertiary/aromatic N) is 2. The van der Waals surface area contributed by atoms with Crippen molar-refractivity contribution in [3.63, 3.8) is 0 Å². The van der Waals surface area contributed by atoms with Gasteiger partial charge >= 0.3 is 0 Å². The topological polar surface area (TPSA) is 42.0 Å². The van der Waals surface area contributed by atoms with Crippen molar-refractivity contribution in [2.45, 2.75) is 25.3 Å². The molecule has 0 aliphatic carbocycles. The summed E-state index contributed by atoms with van der Waals surface area (Å²) in [5.74, 6) is 0.898. The van der Waals surface area contributed by atoms with Crippen molar-refractivity contribution in [3.8, 4) is 11.5 Å². The molecule has 6 heteroatoms. The number of amides is 1. The quantitative estimate of drug-likeness (QED) is 0.636. The number of ether oxygens (including phenoxy) is 2. The molecule has 0 spiro atoms. The van der Waals surface area contributed by atoms with E-state index in [0.29, 0.717) is 23.5 Å². The Hall–Kier alpha value is -3.02. The summed E-state index contributed by atoms with van der Waals surface area (Å²) in [7, 11) is 5.01. The van der Waals surface area contributed by atoms with Gasteiger partial charge < -0.3 is 19.3 Å². The summed E-state index contributed by atoms with van der Waals surface area (Å²) in [4.78, 5) is 17.3. The fraction of sp³-hybridized carbons (Fsp3) is 0.375. The second-order valence-electron chi connectivity index (χ2n) is 7.47. The van der Waals surface area contributed by atoms with E-state index in [2.05, 4.69) is 11.5 Å². The molecule has 0 saturated carbocycles. The predicted octanol–water partition coefficient (Wildman–Crippen LogP) is 4.31. The molecule has 1 amide bonds. The van der Waals surface area contributed by atoms with E-state index in [0.717, 1.165) is 37.2 Å². The lowest BCUT2D eigenvalue weighted by Crippen LogP contribution is -2.45. The Kier molecular flexibility index (Phi) is 6.98. The molecule has 0 bridgehead atoms. The van der Waals surface area contributed by atoms with Crippen molar-refractivity contribution >= 4 is 11.6 Å². The summed E-state index contributed by atoms with van der Waals surface area (Å²) in [6.45, 7) is 5.43. The van der Waals surface area contributed by atoms with E-state index in [1.165, 1.54) is 12.1 Å². The lowest BCUT2D eigenvalue weighted by atomic mass is 10.0. The average molecular weight is 413 g/mol. The van der Waals surface area contributed by atoms with E-state index < -0.39 is 0 Å². The summed E-state index contributed by atoms with van der Waals surface area (Å²) in [6.07, 6.45) is 4.07. The molecule has 0 atom stereocenters. The van der Waals surface area contributed by atoms with Gasteiger partial charge in [0.2, 0.25) is 0 Å². The van der Waals surface area contributed by atoms with E-state index in [4.69, 9.17) is 9.47 Å². The van der Waals surface area contributed by atoms with Crippen LogP contribution in [0.3, 0.4) is 0 Å². The average Bonchev–Trinajstić information content (AvgIpc) is 2.78. The van der Waals surface area contributed by atoms with Crippen LogP contribution in [0.15, 0.2) is 49.1 Å². The number of allylic oxidation sites excluding steroid dienone is 1. The van der Waals surface area contributed by atoms with Gasteiger partial charge in [-0.2, -0.15) is 0 Å². The highest BCUT2D eigenvalue weighted by Gasteiger charge is 2.27. The highest BCUT2D eigenvalue weighted by atomic mass is 19.1. The van der Waals surface area contributed by atoms with Crippen molar-refractivity contribution in [1.29, 1.82) is 0 Å². The number of hydrogen-bond acceptors (Lipinski definition) is 4. The van der Waals surface area contributed by atoms with Crippen LogP contribution in [-0.2, 0) is 6.42 Å². The normalized spacial score (nSPS) is 14.3. The Morgan fingerprint density at radius 3 is 2.43 bits per heavy atom. The molecule has 2 aromatic rings. The maximum absolute atomic E-state index is 13.2. The highest BCUT2D eigenvalue weighted by Crippen LogP contribution is 2.34. The lowest BCUT2D eigenvalue weighted by Gasteiger charge is -2.38. The number of methoxy groups -OCH3 is 2. The molecule has 1 aliphatic heterocycles. The van der Waals surface area contributed by atoms with Crippen LogP contribution in [-0.4, -0.2) is 51.2 Å². The van der Waals surface area contributed by atoms with E-state index in [-0.39, 0.29) is 17.8 Å². The number of carbonyl (C=O) groups excluding carboxylic acids is 1. The Balaban J connectivity index is 1.72. The molecule has 3 rings (SSSR count). The Labute approximate surface area is 177 Å². The number of benzene rings is 2. The summed E-state index contributed by atoms with van der Waals surface area (Å²) in [5.41, 5.74) is 2.46. The molecule has 2 aromatic carbocycles. The first-order valence-electron chi connectivity index (χ1n) is 10.1. The molecule has 160 valence electrons. The van der Waals surface area contributed by atoms with E-state index in [1.54, 1.807) is 38.5 Å². The monoisotopic (exact) mass is 412 g/mol. The smallest absolute Gasteiger partial charge is 0.253 e. The van der Waals surface area contributed by atoms with Crippen molar-refractivity contribution in [2.75, 3.05) is 39.3 Å². The maximum Gasteiger partial charge on any atom is 0.253 e. The highest BCUT2D eigenvalue weighted by molar-refractivity contribution is 5.95. The standard InChI is InChI=1S/C24H29FN2O3/c1-5-6-17-15-18(16-22(29-3)23(17)30-4)24(28)26(2)20-11-13-27(14-12-20)21-9-7-19(25)8-10-21/h5,7-10,15-16,20H,1,6,11-14H2,2-4H3. The third-order valence-corrected chi connectivity index (χ3v) is 5.69. The molecule has 5 nitrogen and oxygen atoms in total. The van der Waals surface area contributed by atoms with E-state index in [9.17, 15) is 9.18 Å². The maximum atomic E-state index is 13.2. The fourth-order valence-electron chi connectivity index (χ4n) is 4.01. The van der Waals surface area contributed by atoms with Gasteiger partial charge in [-0.3, -0.25) is 4.79 Å². The molecule has 0 radical (unpaired) electrons. The minimum Gasteiger partial charge on any atom is -0.493 e. The summed E-state index contributed by atoms with van der Waals surface area (Å²) >= 11 is 0.